The largest absolute Gasteiger partial charge is 0.375 e. The summed E-state index contributed by atoms with van der Waals surface area (Å²) in [5.41, 5.74) is 10.4. The van der Waals surface area contributed by atoms with Crippen molar-refractivity contribution in [2.45, 2.75) is 13.0 Å². The van der Waals surface area contributed by atoms with Crippen molar-refractivity contribution in [1.82, 2.24) is 15.2 Å². The number of aryl methyl sites for hydroxylation is 1. The van der Waals surface area contributed by atoms with E-state index in [9.17, 15) is 0 Å². The van der Waals surface area contributed by atoms with E-state index in [-0.39, 0.29) is 5.11 Å². The van der Waals surface area contributed by atoms with Crippen LogP contribution in [0.15, 0.2) is 40.0 Å². The van der Waals surface area contributed by atoms with Gasteiger partial charge >= 0.3 is 0 Å². The molecule has 0 saturated carbocycles. The van der Waals surface area contributed by atoms with E-state index in [1.54, 1.807) is 10.9 Å². The molecule has 0 atom stereocenters. The molecule has 112 valence electrons. The fourth-order valence-corrected chi connectivity index (χ4v) is 2.12. The molecule has 0 radical (unpaired) electrons. The third-order valence-corrected chi connectivity index (χ3v) is 3.36. The number of aromatic nitrogens is 2. The van der Waals surface area contributed by atoms with E-state index in [1.807, 2.05) is 30.5 Å². The predicted molar refractivity (Wildman–Crippen MR) is 93.1 cm³/mol. The van der Waals surface area contributed by atoms with Crippen LogP contribution >= 0.6 is 28.1 Å². The molecule has 22 heavy (non-hydrogen) atoms. The number of thiocarbonyl (C=S) groups is 1. The lowest BCUT2D eigenvalue weighted by Crippen LogP contribution is -2.24. The van der Waals surface area contributed by atoms with Crippen LogP contribution in [0.3, 0.4) is 0 Å². The first-order chi connectivity index (χ1) is 10.6. The minimum Gasteiger partial charge on any atom is -0.375 e. The van der Waals surface area contributed by atoms with Crippen molar-refractivity contribution < 1.29 is 0 Å². The van der Waals surface area contributed by atoms with Gasteiger partial charge in [0.1, 0.15) is 5.69 Å². The summed E-state index contributed by atoms with van der Waals surface area (Å²) in [6.07, 6.45) is 3.83. The number of benzene rings is 1. The Bertz CT molecular complexity index is 729. The second kappa shape index (κ2) is 7.68. The summed E-state index contributed by atoms with van der Waals surface area (Å²) in [5.74, 6) is 0. The third-order valence-electron chi connectivity index (χ3n) is 2.74. The van der Waals surface area contributed by atoms with E-state index in [2.05, 4.69) is 37.6 Å². The van der Waals surface area contributed by atoms with Gasteiger partial charge in [0, 0.05) is 21.8 Å². The number of nitriles is 1. The maximum atomic E-state index is 8.69. The van der Waals surface area contributed by atoms with E-state index in [0.717, 1.165) is 21.3 Å². The Morgan fingerprint density at radius 2 is 2.23 bits per heavy atom. The highest BCUT2D eigenvalue weighted by molar-refractivity contribution is 9.10. The predicted octanol–water partition coefficient (Wildman–Crippen LogP) is 2.39. The summed E-state index contributed by atoms with van der Waals surface area (Å²) >= 11 is 8.11. The van der Waals surface area contributed by atoms with Crippen molar-refractivity contribution in [3.05, 3.63) is 40.5 Å². The van der Waals surface area contributed by atoms with Gasteiger partial charge in [-0.05, 0) is 24.4 Å². The standard InChI is InChI=1S/C14H13BrN6S/c15-12-4-2-10(3-5-12)13-11(8-18-19-14(17)22)9-21(20-13)7-1-6-16/h2-5,8-9H,1,7H2,(H3,17,19,22)/b18-8-. The van der Waals surface area contributed by atoms with Crippen LogP contribution in [0, 0.1) is 11.3 Å². The smallest absolute Gasteiger partial charge is 0.184 e. The molecule has 1 heterocycles. The Hall–Kier alpha value is -2.24. The van der Waals surface area contributed by atoms with Crippen LogP contribution in [-0.4, -0.2) is 21.1 Å². The highest BCUT2D eigenvalue weighted by Crippen LogP contribution is 2.23. The Kier molecular flexibility index (Phi) is 5.63. The van der Waals surface area contributed by atoms with Gasteiger partial charge in [0.25, 0.3) is 0 Å². The summed E-state index contributed by atoms with van der Waals surface area (Å²) in [6.45, 7) is 0.524. The maximum Gasteiger partial charge on any atom is 0.184 e. The Morgan fingerprint density at radius 3 is 2.86 bits per heavy atom. The molecule has 6 nitrogen and oxygen atoms in total. The molecule has 0 spiro atoms. The number of nitrogens with one attached hydrogen (secondary N) is 1. The minimum atomic E-state index is 0.0957. The van der Waals surface area contributed by atoms with Crippen LogP contribution < -0.4 is 11.2 Å². The number of rotatable bonds is 5. The molecule has 0 saturated heterocycles. The SMILES string of the molecule is N#CCCn1cc(/C=N\NC(N)=S)c(-c2ccc(Br)cc2)n1. The van der Waals surface area contributed by atoms with E-state index in [4.69, 9.17) is 23.2 Å². The number of nitrogens with zero attached hydrogens (tertiary/aromatic N) is 4. The third kappa shape index (κ3) is 4.38. The summed E-state index contributed by atoms with van der Waals surface area (Å²) in [7, 11) is 0. The number of nitrogens with two attached hydrogens (primary N) is 1. The molecule has 0 unspecified atom stereocenters. The van der Waals surface area contributed by atoms with Crippen LogP contribution in [0.25, 0.3) is 11.3 Å². The molecule has 1 aromatic heterocycles. The van der Waals surface area contributed by atoms with E-state index in [0.29, 0.717) is 13.0 Å². The lowest BCUT2D eigenvalue weighted by atomic mass is 10.1. The second-order valence-electron chi connectivity index (χ2n) is 4.35. The second-order valence-corrected chi connectivity index (χ2v) is 5.70. The van der Waals surface area contributed by atoms with Gasteiger partial charge < -0.3 is 5.73 Å². The zero-order valence-electron chi connectivity index (χ0n) is 11.5. The molecule has 0 amide bonds. The van der Waals surface area contributed by atoms with E-state index >= 15 is 0 Å². The fourth-order valence-electron chi connectivity index (χ4n) is 1.81. The molecule has 0 aliphatic heterocycles. The Balaban J connectivity index is 2.34. The molecule has 0 bridgehead atoms. The molecular weight excluding hydrogens is 364 g/mol. The quantitative estimate of drug-likeness (QED) is 0.474. The van der Waals surface area contributed by atoms with Crippen molar-refractivity contribution in [3.63, 3.8) is 0 Å². The normalized spacial score (nSPS) is 10.5. The monoisotopic (exact) mass is 376 g/mol. The van der Waals surface area contributed by atoms with Gasteiger partial charge in [-0.25, -0.2) is 0 Å². The summed E-state index contributed by atoms with van der Waals surface area (Å²) < 4.78 is 2.72. The van der Waals surface area contributed by atoms with Gasteiger partial charge in [-0.15, -0.1) is 0 Å². The highest BCUT2D eigenvalue weighted by Gasteiger charge is 2.10. The molecule has 2 aromatic rings. The number of hydrogen-bond acceptors (Lipinski definition) is 4. The van der Waals surface area contributed by atoms with Crippen LogP contribution in [0.5, 0.6) is 0 Å². The van der Waals surface area contributed by atoms with Gasteiger partial charge in [0.2, 0.25) is 0 Å². The van der Waals surface area contributed by atoms with Crippen molar-refractivity contribution in [1.29, 1.82) is 5.26 Å². The fraction of sp³-hybridized carbons (Fsp3) is 0.143. The van der Waals surface area contributed by atoms with Gasteiger partial charge in [0.15, 0.2) is 5.11 Å². The lowest BCUT2D eigenvalue weighted by Gasteiger charge is -1.99. The highest BCUT2D eigenvalue weighted by atomic mass is 79.9. The van der Waals surface area contributed by atoms with Crippen molar-refractivity contribution in [2.75, 3.05) is 0 Å². The zero-order chi connectivity index (χ0) is 15.9. The summed E-state index contributed by atoms with van der Waals surface area (Å²) in [5, 5.41) is 17.3. The number of hydrogen-bond donors (Lipinski definition) is 2. The van der Waals surface area contributed by atoms with Crippen LogP contribution in [0.2, 0.25) is 0 Å². The molecule has 8 heteroatoms. The van der Waals surface area contributed by atoms with Gasteiger partial charge in [-0.3, -0.25) is 10.1 Å². The number of hydrazone groups is 1. The van der Waals surface area contributed by atoms with Crippen molar-refractivity contribution in [2.24, 2.45) is 10.8 Å². The molecular formula is C14H13BrN6S. The first kappa shape index (κ1) is 16.1. The zero-order valence-corrected chi connectivity index (χ0v) is 13.9. The van der Waals surface area contributed by atoms with Gasteiger partial charge in [-0.1, -0.05) is 28.1 Å². The molecule has 0 fully saturated rings. The van der Waals surface area contributed by atoms with Crippen LogP contribution in [0.4, 0.5) is 0 Å². The maximum absolute atomic E-state index is 8.69. The minimum absolute atomic E-state index is 0.0957. The summed E-state index contributed by atoms with van der Waals surface area (Å²) in [4.78, 5) is 0. The number of halogens is 1. The Morgan fingerprint density at radius 1 is 1.50 bits per heavy atom. The lowest BCUT2D eigenvalue weighted by molar-refractivity contribution is 0.629. The summed E-state index contributed by atoms with van der Waals surface area (Å²) in [6, 6.07) is 9.90. The van der Waals surface area contributed by atoms with Crippen molar-refractivity contribution >= 4 is 39.5 Å². The van der Waals surface area contributed by atoms with Gasteiger partial charge in [-0.2, -0.15) is 15.5 Å². The molecule has 1 aromatic carbocycles. The molecule has 3 N–H and O–H groups in total. The molecule has 0 aliphatic rings. The molecule has 2 rings (SSSR count). The van der Waals surface area contributed by atoms with Crippen LogP contribution in [-0.2, 0) is 6.54 Å². The first-order valence-electron chi connectivity index (χ1n) is 6.39. The average molecular weight is 377 g/mol. The molecule has 0 aliphatic carbocycles. The van der Waals surface area contributed by atoms with E-state index in [1.165, 1.54) is 0 Å². The van der Waals surface area contributed by atoms with E-state index < -0.39 is 0 Å². The van der Waals surface area contributed by atoms with Crippen LogP contribution in [0.1, 0.15) is 12.0 Å². The topological polar surface area (TPSA) is 92.0 Å². The van der Waals surface area contributed by atoms with Crippen molar-refractivity contribution in [3.8, 4) is 17.3 Å². The Labute approximate surface area is 141 Å². The first-order valence-corrected chi connectivity index (χ1v) is 7.59. The van der Waals surface area contributed by atoms with Gasteiger partial charge in [0.05, 0.1) is 25.2 Å². The average Bonchev–Trinajstić information content (AvgIpc) is 2.89.